The molecule has 0 spiro atoms. The molecule has 1 unspecified atom stereocenters. The first-order valence-corrected chi connectivity index (χ1v) is 6.74. The molecular weight excluding hydrogens is 274 g/mol. The van der Waals surface area contributed by atoms with Gasteiger partial charge in [-0.25, -0.2) is 0 Å². The molecule has 104 valence electrons. The monoisotopic (exact) mass is 289 g/mol. The molecule has 2 aromatic carbocycles. The predicted molar refractivity (Wildman–Crippen MR) is 79.9 cm³/mol. The first-order chi connectivity index (χ1) is 9.70. The van der Waals surface area contributed by atoms with Crippen LogP contribution in [0.3, 0.4) is 0 Å². The number of hydrogen-bond acceptors (Lipinski definition) is 2. The molecule has 0 saturated carbocycles. The number of amides is 1. The van der Waals surface area contributed by atoms with Gasteiger partial charge in [-0.2, -0.15) is 0 Å². The summed E-state index contributed by atoms with van der Waals surface area (Å²) in [7, 11) is 1.60. The Balaban J connectivity index is 1.94. The van der Waals surface area contributed by atoms with Crippen LogP contribution in [0.1, 0.15) is 16.5 Å². The van der Waals surface area contributed by atoms with Crippen LogP contribution in [-0.4, -0.2) is 13.0 Å². The Bertz CT molecular complexity index is 554. The van der Waals surface area contributed by atoms with Crippen LogP contribution in [0.2, 0.25) is 0 Å². The van der Waals surface area contributed by atoms with Crippen LogP contribution in [0.4, 0.5) is 0 Å². The highest BCUT2D eigenvalue weighted by molar-refractivity contribution is 6.30. The van der Waals surface area contributed by atoms with Crippen molar-refractivity contribution >= 4 is 17.5 Å². The lowest BCUT2D eigenvalue weighted by molar-refractivity contribution is -0.121. The van der Waals surface area contributed by atoms with Gasteiger partial charge in [0.05, 0.1) is 7.11 Å². The molecule has 0 bridgehead atoms. The van der Waals surface area contributed by atoms with Gasteiger partial charge in [-0.3, -0.25) is 4.79 Å². The molecule has 20 heavy (non-hydrogen) atoms. The number of carbonyl (C=O) groups excluding carboxylic acids is 1. The smallest absolute Gasteiger partial charge is 0.242 e. The number of rotatable bonds is 5. The minimum absolute atomic E-state index is 0.208. The second-order valence-electron chi connectivity index (χ2n) is 4.34. The van der Waals surface area contributed by atoms with E-state index < -0.39 is 5.38 Å². The van der Waals surface area contributed by atoms with Crippen molar-refractivity contribution in [1.29, 1.82) is 0 Å². The summed E-state index contributed by atoms with van der Waals surface area (Å²) in [5.41, 5.74) is 1.79. The fraction of sp³-hybridized carbons (Fsp3) is 0.188. The van der Waals surface area contributed by atoms with Gasteiger partial charge in [0, 0.05) is 6.54 Å². The Labute approximate surface area is 123 Å². The average molecular weight is 290 g/mol. The molecule has 1 N–H and O–H groups in total. The molecule has 0 aliphatic carbocycles. The number of benzene rings is 2. The molecule has 0 saturated heterocycles. The molecule has 0 heterocycles. The van der Waals surface area contributed by atoms with Gasteiger partial charge in [0.2, 0.25) is 5.91 Å². The van der Waals surface area contributed by atoms with E-state index in [1.807, 2.05) is 30.3 Å². The lowest BCUT2D eigenvalue weighted by Gasteiger charge is -2.11. The number of carbonyl (C=O) groups is 1. The molecule has 2 rings (SSSR count). The van der Waals surface area contributed by atoms with Gasteiger partial charge in [0.15, 0.2) is 0 Å². The lowest BCUT2D eigenvalue weighted by Crippen LogP contribution is -2.26. The zero-order chi connectivity index (χ0) is 14.4. The van der Waals surface area contributed by atoms with Crippen LogP contribution >= 0.6 is 11.6 Å². The SMILES string of the molecule is COc1ccc(C(Cl)C(=O)NCc2ccccc2)cc1. The van der Waals surface area contributed by atoms with Crippen molar-refractivity contribution in [3.63, 3.8) is 0 Å². The zero-order valence-electron chi connectivity index (χ0n) is 11.2. The third-order valence-corrected chi connectivity index (χ3v) is 3.40. The van der Waals surface area contributed by atoms with Crippen molar-refractivity contribution in [2.45, 2.75) is 11.9 Å². The summed E-state index contributed by atoms with van der Waals surface area (Å²) in [4.78, 5) is 12.0. The summed E-state index contributed by atoms with van der Waals surface area (Å²) >= 11 is 6.17. The molecule has 1 atom stereocenters. The summed E-state index contributed by atoms with van der Waals surface area (Å²) in [5.74, 6) is 0.531. The third kappa shape index (κ3) is 3.75. The van der Waals surface area contributed by atoms with Crippen molar-refractivity contribution < 1.29 is 9.53 Å². The second kappa shape index (κ2) is 6.96. The van der Waals surface area contributed by atoms with Crippen molar-refractivity contribution in [1.82, 2.24) is 5.32 Å². The fourth-order valence-electron chi connectivity index (χ4n) is 1.80. The molecule has 2 aromatic rings. The van der Waals surface area contributed by atoms with Crippen LogP contribution in [0, 0.1) is 0 Å². The predicted octanol–water partition coefficient (Wildman–Crippen LogP) is 3.29. The van der Waals surface area contributed by atoms with Crippen molar-refractivity contribution in [2.75, 3.05) is 7.11 Å². The maximum Gasteiger partial charge on any atom is 0.242 e. The van der Waals surface area contributed by atoms with E-state index in [1.54, 1.807) is 31.4 Å². The summed E-state index contributed by atoms with van der Waals surface area (Å²) in [6, 6.07) is 16.9. The van der Waals surface area contributed by atoms with E-state index in [0.717, 1.165) is 16.9 Å². The first kappa shape index (κ1) is 14.4. The molecule has 0 fully saturated rings. The first-order valence-electron chi connectivity index (χ1n) is 6.30. The van der Waals surface area contributed by atoms with Crippen molar-refractivity contribution in [2.24, 2.45) is 0 Å². The maximum absolute atomic E-state index is 12.0. The molecule has 0 aliphatic heterocycles. The van der Waals surface area contributed by atoms with E-state index >= 15 is 0 Å². The van der Waals surface area contributed by atoms with Crippen LogP contribution in [-0.2, 0) is 11.3 Å². The average Bonchev–Trinajstić information content (AvgIpc) is 2.53. The van der Waals surface area contributed by atoms with Crippen molar-refractivity contribution in [3.05, 3.63) is 65.7 Å². The molecule has 0 radical (unpaired) electrons. The zero-order valence-corrected chi connectivity index (χ0v) is 11.9. The summed E-state index contributed by atoms with van der Waals surface area (Å²) in [6.07, 6.45) is 0. The highest BCUT2D eigenvalue weighted by atomic mass is 35.5. The molecule has 3 nitrogen and oxygen atoms in total. The highest BCUT2D eigenvalue weighted by Crippen LogP contribution is 2.23. The lowest BCUT2D eigenvalue weighted by atomic mass is 10.1. The van der Waals surface area contributed by atoms with Crippen LogP contribution in [0.5, 0.6) is 5.75 Å². The van der Waals surface area contributed by atoms with E-state index in [-0.39, 0.29) is 5.91 Å². The quantitative estimate of drug-likeness (QED) is 0.858. The fourth-order valence-corrected chi connectivity index (χ4v) is 2.02. The number of nitrogens with one attached hydrogen (secondary N) is 1. The Morgan fingerprint density at radius 2 is 1.80 bits per heavy atom. The van der Waals surface area contributed by atoms with Gasteiger partial charge in [-0.15, -0.1) is 11.6 Å². The number of hydrogen-bond donors (Lipinski definition) is 1. The van der Waals surface area contributed by atoms with Crippen molar-refractivity contribution in [3.8, 4) is 5.75 Å². The summed E-state index contributed by atoms with van der Waals surface area (Å²) < 4.78 is 5.07. The number of alkyl halides is 1. The Morgan fingerprint density at radius 1 is 1.15 bits per heavy atom. The minimum atomic E-state index is -0.704. The number of methoxy groups -OCH3 is 1. The van der Waals surface area contributed by atoms with E-state index in [1.165, 1.54) is 0 Å². The molecule has 1 amide bonds. The van der Waals surface area contributed by atoms with E-state index in [0.29, 0.717) is 6.54 Å². The van der Waals surface area contributed by atoms with Crippen LogP contribution in [0.25, 0.3) is 0 Å². The van der Waals surface area contributed by atoms with Gasteiger partial charge in [0.25, 0.3) is 0 Å². The van der Waals surface area contributed by atoms with E-state index in [2.05, 4.69) is 5.32 Å². The van der Waals surface area contributed by atoms with E-state index in [4.69, 9.17) is 16.3 Å². The summed E-state index contributed by atoms with van der Waals surface area (Å²) in [6.45, 7) is 0.471. The van der Waals surface area contributed by atoms with Gasteiger partial charge < -0.3 is 10.1 Å². The summed E-state index contributed by atoms with van der Waals surface area (Å²) in [5, 5.41) is 2.12. The molecular formula is C16H16ClNO2. The van der Waals surface area contributed by atoms with E-state index in [9.17, 15) is 4.79 Å². The minimum Gasteiger partial charge on any atom is -0.497 e. The Hall–Kier alpha value is -2.00. The molecule has 4 heteroatoms. The van der Waals surface area contributed by atoms with Gasteiger partial charge in [-0.05, 0) is 23.3 Å². The molecule has 0 aliphatic rings. The normalized spacial score (nSPS) is 11.7. The third-order valence-electron chi connectivity index (χ3n) is 2.95. The molecule has 0 aromatic heterocycles. The maximum atomic E-state index is 12.0. The van der Waals surface area contributed by atoms with Gasteiger partial charge in [0.1, 0.15) is 11.1 Å². The van der Waals surface area contributed by atoms with Gasteiger partial charge in [-0.1, -0.05) is 42.5 Å². The Kier molecular flexibility index (Phi) is 5.02. The number of halogens is 1. The van der Waals surface area contributed by atoms with Crippen LogP contribution < -0.4 is 10.1 Å². The highest BCUT2D eigenvalue weighted by Gasteiger charge is 2.17. The topological polar surface area (TPSA) is 38.3 Å². The standard InChI is InChI=1S/C16H16ClNO2/c1-20-14-9-7-13(8-10-14)15(17)16(19)18-11-12-5-3-2-4-6-12/h2-10,15H,11H2,1H3,(H,18,19). The largest absolute Gasteiger partial charge is 0.497 e. The number of ether oxygens (including phenoxy) is 1. The second-order valence-corrected chi connectivity index (χ2v) is 4.78. The van der Waals surface area contributed by atoms with Gasteiger partial charge >= 0.3 is 0 Å². The van der Waals surface area contributed by atoms with Crippen LogP contribution in [0.15, 0.2) is 54.6 Å². The Morgan fingerprint density at radius 3 is 2.40 bits per heavy atom.